The number of hydrogen-bond donors (Lipinski definition) is 0. The van der Waals surface area contributed by atoms with Gasteiger partial charge in [-0.2, -0.15) is 5.26 Å². The normalized spacial score (nSPS) is 25.6. The maximum absolute atomic E-state index is 11.8. The molecule has 108 valence electrons. The third-order valence-corrected chi connectivity index (χ3v) is 3.77. The van der Waals surface area contributed by atoms with Crippen LogP contribution in [0, 0.1) is 22.7 Å². The fraction of sp³-hybridized carbons (Fsp3) is 0.867. The first kappa shape index (κ1) is 16.0. The smallest absolute Gasteiger partial charge is 0.248 e. The Morgan fingerprint density at radius 1 is 1.47 bits per heavy atom. The number of likely N-dealkylation sites (N-methyl/N-ethyl adjacent to an activating group) is 1. The molecule has 0 heterocycles. The van der Waals surface area contributed by atoms with E-state index in [-0.39, 0.29) is 18.6 Å². The highest BCUT2D eigenvalue weighted by atomic mass is 16.5. The molecule has 0 aliphatic heterocycles. The van der Waals surface area contributed by atoms with Gasteiger partial charge < -0.3 is 9.64 Å². The van der Waals surface area contributed by atoms with Gasteiger partial charge in [0.15, 0.2) is 0 Å². The molecule has 0 radical (unpaired) electrons. The van der Waals surface area contributed by atoms with Gasteiger partial charge >= 0.3 is 0 Å². The number of carbonyl (C=O) groups is 1. The van der Waals surface area contributed by atoms with E-state index < -0.39 is 0 Å². The summed E-state index contributed by atoms with van der Waals surface area (Å²) in [5.74, 6) is 0.617. The van der Waals surface area contributed by atoms with Crippen molar-refractivity contribution in [1.82, 2.24) is 4.90 Å². The molecular weight excluding hydrogens is 240 g/mol. The van der Waals surface area contributed by atoms with E-state index in [1.54, 1.807) is 11.9 Å². The van der Waals surface area contributed by atoms with Crippen LogP contribution in [-0.2, 0) is 9.53 Å². The molecule has 0 saturated heterocycles. The molecule has 0 spiro atoms. The van der Waals surface area contributed by atoms with Gasteiger partial charge in [-0.15, -0.1) is 0 Å². The van der Waals surface area contributed by atoms with E-state index in [9.17, 15) is 4.79 Å². The first-order chi connectivity index (χ1) is 8.84. The maximum Gasteiger partial charge on any atom is 0.248 e. The van der Waals surface area contributed by atoms with Crippen LogP contribution < -0.4 is 0 Å². The SMILES string of the molecule is CC1CC(OCC(=O)N(C)CCC#N)CC(C)(C)C1. The molecule has 0 aromatic heterocycles. The molecular formula is C15H26N2O2. The number of nitriles is 1. The van der Waals surface area contributed by atoms with Gasteiger partial charge in [-0.3, -0.25) is 4.79 Å². The summed E-state index contributed by atoms with van der Waals surface area (Å²) in [5.41, 5.74) is 0.304. The lowest BCUT2D eigenvalue weighted by atomic mass is 9.71. The van der Waals surface area contributed by atoms with E-state index in [1.807, 2.05) is 6.07 Å². The van der Waals surface area contributed by atoms with Crippen molar-refractivity contribution in [1.29, 1.82) is 5.26 Å². The summed E-state index contributed by atoms with van der Waals surface area (Å²) in [6, 6.07) is 2.04. The van der Waals surface area contributed by atoms with Gasteiger partial charge in [0.05, 0.1) is 18.6 Å². The molecule has 1 aliphatic rings. The zero-order valence-electron chi connectivity index (χ0n) is 12.6. The highest BCUT2D eigenvalue weighted by Crippen LogP contribution is 2.39. The summed E-state index contributed by atoms with van der Waals surface area (Å²) in [7, 11) is 1.72. The van der Waals surface area contributed by atoms with Crippen molar-refractivity contribution in [2.45, 2.75) is 52.6 Å². The second-order valence-corrected chi connectivity index (χ2v) is 6.57. The van der Waals surface area contributed by atoms with E-state index in [0.717, 1.165) is 12.8 Å². The van der Waals surface area contributed by atoms with Crippen molar-refractivity contribution in [3.8, 4) is 6.07 Å². The Hall–Kier alpha value is -1.08. The van der Waals surface area contributed by atoms with Crippen LogP contribution in [-0.4, -0.2) is 37.1 Å². The van der Waals surface area contributed by atoms with Gasteiger partial charge in [0, 0.05) is 13.6 Å². The Morgan fingerprint density at radius 3 is 2.74 bits per heavy atom. The lowest BCUT2D eigenvalue weighted by Gasteiger charge is -2.38. The molecule has 0 aromatic carbocycles. The van der Waals surface area contributed by atoms with Crippen molar-refractivity contribution in [3.63, 3.8) is 0 Å². The Bertz CT molecular complexity index is 347. The van der Waals surface area contributed by atoms with Gasteiger partial charge in [0.1, 0.15) is 6.61 Å². The van der Waals surface area contributed by atoms with Crippen LogP contribution in [0.25, 0.3) is 0 Å². The lowest BCUT2D eigenvalue weighted by molar-refractivity contribution is -0.139. The number of rotatable bonds is 5. The van der Waals surface area contributed by atoms with Crippen LogP contribution in [0.2, 0.25) is 0 Å². The standard InChI is InChI=1S/C15H26N2O2/c1-12-8-13(10-15(2,3)9-12)19-11-14(18)17(4)7-5-6-16/h12-13H,5,7-11H2,1-4H3. The first-order valence-corrected chi connectivity index (χ1v) is 7.06. The average Bonchev–Trinajstić information content (AvgIpc) is 2.30. The minimum absolute atomic E-state index is 0.0358. The van der Waals surface area contributed by atoms with Gasteiger partial charge in [-0.25, -0.2) is 0 Å². The predicted molar refractivity (Wildman–Crippen MR) is 74.4 cm³/mol. The van der Waals surface area contributed by atoms with Crippen LogP contribution in [0.4, 0.5) is 0 Å². The monoisotopic (exact) mass is 266 g/mol. The van der Waals surface area contributed by atoms with Crippen molar-refractivity contribution < 1.29 is 9.53 Å². The fourth-order valence-corrected chi connectivity index (χ4v) is 3.03. The Kier molecular flexibility index (Phi) is 5.81. The highest BCUT2D eigenvalue weighted by molar-refractivity contribution is 5.77. The molecule has 0 aromatic rings. The minimum atomic E-state index is -0.0358. The van der Waals surface area contributed by atoms with Crippen LogP contribution in [0.1, 0.15) is 46.5 Å². The van der Waals surface area contributed by atoms with Gasteiger partial charge in [0.2, 0.25) is 5.91 Å². The van der Waals surface area contributed by atoms with Crippen molar-refractivity contribution in [2.75, 3.05) is 20.2 Å². The summed E-state index contributed by atoms with van der Waals surface area (Å²) in [6.45, 7) is 7.39. The Labute approximate surface area is 116 Å². The summed E-state index contributed by atoms with van der Waals surface area (Å²) in [4.78, 5) is 13.4. The Morgan fingerprint density at radius 2 is 2.16 bits per heavy atom. The molecule has 1 amide bonds. The number of hydrogen-bond acceptors (Lipinski definition) is 3. The molecule has 1 rings (SSSR count). The average molecular weight is 266 g/mol. The first-order valence-electron chi connectivity index (χ1n) is 7.06. The zero-order chi connectivity index (χ0) is 14.5. The van der Waals surface area contributed by atoms with Gasteiger partial charge in [-0.1, -0.05) is 20.8 Å². The molecule has 4 nitrogen and oxygen atoms in total. The minimum Gasteiger partial charge on any atom is -0.368 e. The van der Waals surface area contributed by atoms with Crippen molar-refractivity contribution >= 4 is 5.91 Å². The van der Waals surface area contributed by atoms with E-state index in [0.29, 0.717) is 24.3 Å². The molecule has 4 heteroatoms. The number of nitrogens with zero attached hydrogens (tertiary/aromatic N) is 2. The lowest BCUT2D eigenvalue weighted by Crippen LogP contribution is -2.36. The summed E-state index contributed by atoms with van der Waals surface area (Å²) >= 11 is 0. The predicted octanol–water partition coefficient (Wildman–Crippen LogP) is 2.59. The van der Waals surface area contributed by atoms with Crippen molar-refractivity contribution in [3.05, 3.63) is 0 Å². The van der Waals surface area contributed by atoms with E-state index in [4.69, 9.17) is 10.00 Å². The van der Waals surface area contributed by atoms with Crippen molar-refractivity contribution in [2.24, 2.45) is 11.3 Å². The zero-order valence-corrected chi connectivity index (χ0v) is 12.6. The van der Waals surface area contributed by atoms with Crippen LogP contribution in [0.3, 0.4) is 0 Å². The second kappa shape index (κ2) is 6.91. The van der Waals surface area contributed by atoms with E-state index in [2.05, 4.69) is 20.8 Å². The van der Waals surface area contributed by atoms with E-state index in [1.165, 1.54) is 6.42 Å². The molecule has 2 unspecified atom stereocenters. The van der Waals surface area contributed by atoms with Crippen LogP contribution >= 0.6 is 0 Å². The van der Waals surface area contributed by atoms with E-state index >= 15 is 0 Å². The molecule has 0 bridgehead atoms. The topological polar surface area (TPSA) is 53.3 Å². The van der Waals surface area contributed by atoms with Crippen LogP contribution in [0.5, 0.6) is 0 Å². The molecule has 19 heavy (non-hydrogen) atoms. The molecule has 1 fully saturated rings. The number of amides is 1. The molecule has 0 N–H and O–H groups in total. The van der Waals surface area contributed by atoms with Crippen LogP contribution in [0.15, 0.2) is 0 Å². The molecule has 1 aliphatic carbocycles. The Balaban J connectivity index is 2.36. The quantitative estimate of drug-likeness (QED) is 0.768. The maximum atomic E-state index is 11.8. The largest absolute Gasteiger partial charge is 0.368 e. The van der Waals surface area contributed by atoms with Gasteiger partial charge in [-0.05, 0) is 30.6 Å². The summed E-state index contributed by atoms with van der Waals surface area (Å²) in [5, 5.41) is 8.50. The summed E-state index contributed by atoms with van der Waals surface area (Å²) < 4.78 is 5.78. The molecule has 1 saturated carbocycles. The third-order valence-electron chi connectivity index (χ3n) is 3.77. The highest BCUT2D eigenvalue weighted by Gasteiger charge is 2.32. The van der Waals surface area contributed by atoms with Gasteiger partial charge in [0.25, 0.3) is 0 Å². The number of carbonyl (C=O) groups excluding carboxylic acids is 1. The number of ether oxygens (including phenoxy) is 1. The second-order valence-electron chi connectivity index (χ2n) is 6.57. The third kappa shape index (κ3) is 5.61. The molecule has 2 atom stereocenters. The summed E-state index contributed by atoms with van der Waals surface area (Å²) in [6.07, 6.45) is 3.84. The fourth-order valence-electron chi connectivity index (χ4n) is 3.03.